The fourth-order valence-corrected chi connectivity index (χ4v) is 4.71. The number of carbonyl (C=O) groups is 2. The average Bonchev–Trinajstić information content (AvgIpc) is 3.50. The van der Waals surface area contributed by atoms with Crippen LogP contribution in [0.15, 0.2) is 48.0 Å². The molecule has 2 aliphatic rings. The Morgan fingerprint density at radius 1 is 1.08 bits per heavy atom. The van der Waals surface area contributed by atoms with Crippen molar-refractivity contribution in [3.05, 3.63) is 59.2 Å². The Morgan fingerprint density at radius 3 is 2.46 bits per heavy atom. The molecule has 0 aromatic heterocycles. The summed E-state index contributed by atoms with van der Waals surface area (Å²) in [6.45, 7) is 5.68. The van der Waals surface area contributed by atoms with Crippen molar-refractivity contribution in [3.8, 4) is 17.2 Å². The lowest BCUT2D eigenvalue weighted by Crippen LogP contribution is -2.36. The van der Waals surface area contributed by atoms with Gasteiger partial charge in [-0.3, -0.25) is 9.59 Å². The van der Waals surface area contributed by atoms with Crippen LogP contribution in [0, 0.1) is 5.92 Å². The van der Waals surface area contributed by atoms with Gasteiger partial charge in [0.1, 0.15) is 11.5 Å². The molecule has 2 atom stereocenters. The Bertz CT molecular complexity index is 1150. The molecule has 2 aromatic rings. The first-order chi connectivity index (χ1) is 17.8. The van der Waals surface area contributed by atoms with Gasteiger partial charge in [-0.15, -0.1) is 0 Å². The van der Waals surface area contributed by atoms with Gasteiger partial charge in [0.15, 0.2) is 11.5 Å². The minimum atomic E-state index is -0.801. The van der Waals surface area contributed by atoms with Crippen LogP contribution in [0.4, 0.5) is 0 Å². The van der Waals surface area contributed by atoms with E-state index in [9.17, 15) is 14.7 Å². The third-order valence-corrected chi connectivity index (χ3v) is 6.78. The standard InChI is InChI=1S/C29H35NO7/c1-18(2)13-15-37-23-12-9-20(16-24(23)35-4)26-25(27(31)19-7-10-21(34-3)11-8-19)28(32)29(33)30(26)17-22-6-5-14-36-22/h7-12,16,18,22,26,31H,5-6,13-15,17H2,1-4H3. The minimum absolute atomic E-state index is 0.0312. The topological polar surface area (TPSA) is 94.5 Å². The summed E-state index contributed by atoms with van der Waals surface area (Å²) in [6.07, 6.45) is 2.44. The maximum absolute atomic E-state index is 13.3. The molecule has 2 fully saturated rings. The number of amides is 1. The smallest absolute Gasteiger partial charge is 0.295 e. The van der Waals surface area contributed by atoms with Gasteiger partial charge in [0.05, 0.1) is 38.5 Å². The average molecular weight is 510 g/mol. The summed E-state index contributed by atoms with van der Waals surface area (Å²) in [4.78, 5) is 28.1. The molecular weight excluding hydrogens is 474 g/mol. The normalized spacial score (nSPS) is 21.1. The number of ketones is 1. The first-order valence-electron chi connectivity index (χ1n) is 12.7. The van der Waals surface area contributed by atoms with E-state index in [0.717, 1.165) is 19.3 Å². The zero-order chi connectivity index (χ0) is 26.5. The van der Waals surface area contributed by atoms with E-state index in [-0.39, 0.29) is 24.0 Å². The van der Waals surface area contributed by atoms with Gasteiger partial charge in [0, 0.05) is 18.7 Å². The third-order valence-electron chi connectivity index (χ3n) is 6.78. The van der Waals surface area contributed by atoms with Crippen LogP contribution in [-0.4, -0.2) is 61.8 Å². The van der Waals surface area contributed by atoms with E-state index < -0.39 is 17.7 Å². The van der Waals surface area contributed by atoms with E-state index in [1.807, 2.05) is 6.07 Å². The second-order valence-corrected chi connectivity index (χ2v) is 9.76. The van der Waals surface area contributed by atoms with Crippen LogP contribution in [0.2, 0.25) is 0 Å². The van der Waals surface area contributed by atoms with Gasteiger partial charge in [-0.1, -0.05) is 19.9 Å². The molecular formula is C29H35NO7. The van der Waals surface area contributed by atoms with E-state index in [1.165, 1.54) is 4.90 Å². The summed E-state index contributed by atoms with van der Waals surface area (Å²) in [5.41, 5.74) is 1.09. The van der Waals surface area contributed by atoms with Gasteiger partial charge in [-0.05, 0) is 67.1 Å². The van der Waals surface area contributed by atoms with Gasteiger partial charge in [-0.2, -0.15) is 0 Å². The Balaban J connectivity index is 1.76. The molecule has 8 heteroatoms. The number of methoxy groups -OCH3 is 2. The van der Waals surface area contributed by atoms with Crippen molar-refractivity contribution in [1.82, 2.24) is 4.90 Å². The Kier molecular flexibility index (Phi) is 8.38. The number of nitrogens with zero attached hydrogens (tertiary/aromatic N) is 1. The molecule has 0 radical (unpaired) electrons. The number of Topliss-reactive ketones (excluding diaryl/α,β-unsaturated/α-hetero) is 1. The van der Waals surface area contributed by atoms with Crippen molar-refractivity contribution in [2.45, 2.75) is 45.3 Å². The number of hydrogen-bond donors (Lipinski definition) is 1. The number of rotatable bonds is 10. The lowest BCUT2D eigenvalue weighted by atomic mass is 9.94. The number of aliphatic hydroxyl groups excluding tert-OH is 1. The molecule has 4 rings (SSSR count). The molecule has 1 N–H and O–H groups in total. The zero-order valence-electron chi connectivity index (χ0n) is 21.9. The highest BCUT2D eigenvalue weighted by Gasteiger charge is 2.47. The van der Waals surface area contributed by atoms with E-state index in [1.54, 1.807) is 50.6 Å². The Morgan fingerprint density at radius 2 is 1.84 bits per heavy atom. The molecule has 1 amide bonds. The molecule has 2 aliphatic heterocycles. The van der Waals surface area contributed by atoms with Crippen LogP contribution in [0.5, 0.6) is 17.2 Å². The minimum Gasteiger partial charge on any atom is -0.507 e. The largest absolute Gasteiger partial charge is 0.507 e. The van der Waals surface area contributed by atoms with Gasteiger partial charge in [0.25, 0.3) is 11.7 Å². The number of likely N-dealkylation sites (tertiary alicyclic amines) is 1. The van der Waals surface area contributed by atoms with E-state index in [0.29, 0.717) is 47.5 Å². The SMILES string of the molecule is COc1ccc(C(O)=C2C(=O)C(=O)N(CC3CCCO3)C2c2ccc(OCCC(C)C)c(OC)c2)cc1. The highest BCUT2D eigenvalue weighted by Crippen LogP contribution is 2.42. The van der Waals surface area contributed by atoms with Crippen molar-refractivity contribution in [3.63, 3.8) is 0 Å². The van der Waals surface area contributed by atoms with Crippen LogP contribution >= 0.6 is 0 Å². The van der Waals surface area contributed by atoms with Crippen molar-refractivity contribution in [2.75, 3.05) is 34.0 Å². The number of hydrogen-bond acceptors (Lipinski definition) is 7. The lowest BCUT2D eigenvalue weighted by Gasteiger charge is -2.28. The summed E-state index contributed by atoms with van der Waals surface area (Å²) < 4.78 is 22.5. The van der Waals surface area contributed by atoms with Gasteiger partial charge < -0.3 is 29.0 Å². The monoisotopic (exact) mass is 509 g/mol. The van der Waals surface area contributed by atoms with Crippen LogP contribution in [0.1, 0.15) is 50.3 Å². The quantitative estimate of drug-likeness (QED) is 0.281. The van der Waals surface area contributed by atoms with Crippen LogP contribution in [-0.2, 0) is 14.3 Å². The summed E-state index contributed by atoms with van der Waals surface area (Å²) in [5, 5.41) is 11.3. The van der Waals surface area contributed by atoms with Crippen molar-refractivity contribution < 1.29 is 33.6 Å². The van der Waals surface area contributed by atoms with E-state index in [2.05, 4.69) is 13.8 Å². The van der Waals surface area contributed by atoms with E-state index in [4.69, 9.17) is 18.9 Å². The lowest BCUT2D eigenvalue weighted by molar-refractivity contribution is -0.140. The third kappa shape index (κ3) is 5.74. The molecule has 2 aromatic carbocycles. The number of benzene rings is 2. The summed E-state index contributed by atoms with van der Waals surface area (Å²) in [6, 6.07) is 11.3. The molecule has 0 spiro atoms. The molecule has 198 valence electrons. The van der Waals surface area contributed by atoms with Gasteiger partial charge >= 0.3 is 0 Å². The number of carbonyl (C=O) groups excluding carboxylic acids is 2. The molecule has 37 heavy (non-hydrogen) atoms. The first kappa shape index (κ1) is 26.5. The first-order valence-corrected chi connectivity index (χ1v) is 12.7. The number of aliphatic hydroxyl groups is 1. The Labute approximate surface area is 217 Å². The second-order valence-electron chi connectivity index (χ2n) is 9.76. The zero-order valence-corrected chi connectivity index (χ0v) is 21.9. The number of ether oxygens (including phenoxy) is 4. The molecule has 2 saturated heterocycles. The van der Waals surface area contributed by atoms with Crippen molar-refractivity contribution in [1.29, 1.82) is 0 Å². The highest BCUT2D eigenvalue weighted by molar-refractivity contribution is 6.46. The molecule has 8 nitrogen and oxygen atoms in total. The van der Waals surface area contributed by atoms with Crippen LogP contribution in [0.3, 0.4) is 0 Å². The predicted octanol–water partition coefficient (Wildman–Crippen LogP) is 4.73. The summed E-state index contributed by atoms with van der Waals surface area (Å²) in [7, 11) is 3.10. The van der Waals surface area contributed by atoms with Gasteiger partial charge in [0.2, 0.25) is 0 Å². The summed E-state index contributed by atoms with van der Waals surface area (Å²) in [5.74, 6) is 0.563. The highest BCUT2D eigenvalue weighted by atomic mass is 16.5. The van der Waals surface area contributed by atoms with Gasteiger partial charge in [-0.25, -0.2) is 0 Å². The Hall–Kier alpha value is -3.52. The van der Waals surface area contributed by atoms with Crippen LogP contribution < -0.4 is 14.2 Å². The maximum Gasteiger partial charge on any atom is 0.295 e. The second kappa shape index (κ2) is 11.7. The molecule has 0 aliphatic carbocycles. The molecule has 0 bridgehead atoms. The predicted molar refractivity (Wildman–Crippen MR) is 139 cm³/mol. The fraction of sp³-hybridized carbons (Fsp3) is 0.448. The molecule has 0 saturated carbocycles. The van der Waals surface area contributed by atoms with Crippen molar-refractivity contribution in [2.24, 2.45) is 5.92 Å². The molecule has 2 unspecified atom stereocenters. The fourth-order valence-electron chi connectivity index (χ4n) is 4.71. The summed E-state index contributed by atoms with van der Waals surface area (Å²) >= 11 is 0. The van der Waals surface area contributed by atoms with Crippen LogP contribution in [0.25, 0.3) is 5.76 Å². The van der Waals surface area contributed by atoms with E-state index >= 15 is 0 Å². The maximum atomic E-state index is 13.3. The molecule has 2 heterocycles. The van der Waals surface area contributed by atoms with Crippen molar-refractivity contribution >= 4 is 17.4 Å².